The fourth-order valence-corrected chi connectivity index (χ4v) is 6.24. The van der Waals surface area contributed by atoms with E-state index in [2.05, 4.69) is 75.5 Å². The van der Waals surface area contributed by atoms with Crippen molar-refractivity contribution in [3.63, 3.8) is 0 Å². The molecule has 0 fully saturated rings. The maximum absolute atomic E-state index is 13.9. The van der Waals surface area contributed by atoms with E-state index in [0.29, 0.717) is 0 Å². The van der Waals surface area contributed by atoms with Crippen LogP contribution in [0.1, 0.15) is 32.4 Å². The van der Waals surface area contributed by atoms with Gasteiger partial charge in [0.15, 0.2) is 0 Å². The molecule has 3 nitrogen and oxygen atoms in total. The lowest BCUT2D eigenvalue weighted by atomic mass is 9.92. The van der Waals surface area contributed by atoms with Crippen molar-refractivity contribution in [2.75, 3.05) is 6.54 Å². The van der Waals surface area contributed by atoms with E-state index in [1.165, 1.54) is 26.8 Å². The van der Waals surface area contributed by atoms with Crippen LogP contribution in [0.5, 0.6) is 0 Å². The molecule has 4 heteroatoms. The minimum atomic E-state index is 0.0519. The van der Waals surface area contributed by atoms with E-state index in [9.17, 15) is 4.79 Å². The molecule has 1 unspecified atom stereocenters. The van der Waals surface area contributed by atoms with Gasteiger partial charge in [-0.25, -0.2) is 0 Å². The minimum absolute atomic E-state index is 0.0519. The number of aromatic nitrogens is 1. The van der Waals surface area contributed by atoms with Gasteiger partial charge in [-0.05, 0) is 52.3 Å². The van der Waals surface area contributed by atoms with Crippen molar-refractivity contribution < 1.29 is 4.79 Å². The average molecular weight is 437 g/mol. The summed E-state index contributed by atoms with van der Waals surface area (Å²) in [5.41, 5.74) is 4.58. The zero-order valence-corrected chi connectivity index (χ0v) is 18.8. The Balaban J connectivity index is 1.44. The highest BCUT2D eigenvalue weighted by Crippen LogP contribution is 2.39. The molecular formula is C28H24N2OS. The third-order valence-corrected chi connectivity index (χ3v) is 7.82. The Morgan fingerprint density at radius 3 is 2.66 bits per heavy atom. The molecule has 3 aromatic carbocycles. The lowest BCUT2D eigenvalue weighted by Gasteiger charge is -2.36. The molecule has 0 spiro atoms. The molecule has 158 valence electrons. The summed E-state index contributed by atoms with van der Waals surface area (Å²) >= 11 is 1.78. The summed E-state index contributed by atoms with van der Waals surface area (Å²) in [5, 5.41) is 5.73. The first-order chi connectivity index (χ1) is 15.7. The molecule has 1 atom stereocenters. The number of hydrogen-bond donors (Lipinski definition) is 0. The molecule has 2 aromatic heterocycles. The molecule has 3 heterocycles. The van der Waals surface area contributed by atoms with Crippen molar-refractivity contribution in [3.05, 3.63) is 106 Å². The number of thiophene rings is 1. The molecule has 0 saturated carbocycles. The molecule has 0 saturated heterocycles. The van der Waals surface area contributed by atoms with E-state index in [1.807, 2.05) is 25.4 Å². The summed E-state index contributed by atoms with van der Waals surface area (Å²) in [5.74, 6) is 0.131. The van der Waals surface area contributed by atoms with Gasteiger partial charge in [0.05, 0.1) is 11.6 Å². The number of carbonyl (C=O) groups is 1. The molecule has 6 rings (SSSR count). The highest BCUT2D eigenvalue weighted by Gasteiger charge is 2.33. The maximum Gasteiger partial charge on any atom is 0.256 e. The van der Waals surface area contributed by atoms with Gasteiger partial charge in [-0.2, -0.15) is 0 Å². The van der Waals surface area contributed by atoms with Crippen LogP contribution in [0.25, 0.3) is 21.7 Å². The number of aryl methyl sites for hydroxylation is 1. The molecule has 1 aliphatic heterocycles. The van der Waals surface area contributed by atoms with Crippen molar-refractivity contribution in [1.29, 1.82) is 0 Å². The Morgan fingerprint density at radius 1 is 0.969 bits per heavy atom. The van der Waals surface area contributed by atoms with Gasteiger partial charge >= 0.3 is 0 Å². The molecule has 0 radical (unpaired) electrons. The Morgan fingerprint density at radius 2 is 1.75 bits per heavy atom. The van der Waals surface area contributed by atoms with E-state index in [4.69, 9.17) is 0 Å². The highest BCUT2D eigenvalue weighted by atomic mass is 32.1. The summed E-state index contributed by atoms with van der Waals surface area (Å²) in [7, 11) is 2.01. The molecule has 1 amide bonds. The third-order valence-electron chi connectivity index (χ3n) is 6.76. The number of nitrogens with zero attached hydrogens (tertiary/aromatic N) is 2. The number of rotatable bonds is 3. The number of amides is 1. The first kappa shape index (κ1) is 19.3. The molecule has 0 aliphatic carbocycles. The zero-order valence-electron chi connectivity index (χ0n) is 18.0. The topological polar surface area (TPSA) is 25.2 Å². The Labute approximate surface area is 191 Å². The smallest absolute Gasteiger partial charge is 0.256 e. The van der Waals surface area contributed by atoms with E-state index >= 15 is 0 Å². The molecule has 0 N–H and O–H groups in total. The van der Waals surface area contributed by atoms with E-state index in [1.54, 1.807) is 11.3 Å². The van der Waals surface area contributed by atoms with E-state index in [-0.39, 0.29) is 11.9 Å². The molecule has 1 aliphatic rings. The van der Waals surface area contributed by atoms with Gasteiger partial charge in [0, 0.05) is 35.6 Å². The number of para-hydroxylation sites is 1. The summed E-state index contributed by atoms with van der Waals surface area (Å²) in [4.78, 5) is 17.4. The van der Waals surface area contributed by atoms with Gasteiger partial charge in [0.1, 0.15) is 0 Å². The van der Waals surface area contributed by atoms with Gasteiger partial charge in [0.2, 0.25) is 0 Å². The predicted molar refractivity (Wildman–Crippen MR) is 132 cm³/mol. The Hall–Kier alpha value is -3.37. The van der Waals surface area contributed by atoms with Crippen molar-refractivity contribution >= 4 is 38.9 Å². The monoisotopic (exact) mass is 436 g/mol. The number of carbonyl (C=O) groups excluding carboxylic acids is 1. The second-order valence-electron chi connectivity index (χ2n) is 8.59. The first-order valence-corrected chi connectivity index (χ1v) is 12.0. The van der Waals surface area contributed by atoms with E-state index < -0.39 is 0 Å². The SMILES string of the molecule is Cn1cc(C(=O)N2CCc3ccsc3C2Cc2cccc3ccccc23)c2ccccc21. The van der Waals surface area contributed by atoms with Crippen LogP contribution in [0, 0.1) is 0 Å². The number of benzene rings is 3. The second-order valence-corrected chi connectivity index (χ2v) is 9.54. The lowest BCUT2D eigenvalue weighted by molar-refractivity contribution is 0.0666. The van der Waals surface area contributed by atoms with E-state index in [0.717, 1.165) is 35.9 Å². The summed E-state index contributed by atoms with van der Waals surface area (Å²) in [6.07, 6.45) is 3.73. The largest absolute Gasteiger partial charge is 0.350 e. The predicted octanol–water partition coefficient (Wildman–Crippen LogP) is 6.38. The molecule has 5 aromatic rings. The van der Waals surface area contributed by atoms with Crippen molar-refractivity contribution in [3.8, 4) is 0 Å². The summed E-state index contributed by atoms with van der Waals surface area (Å²) in [6.45, 7) is 0.751. The van der Waals surface area contributed by atoms with Crippen LogP contribution < -0.4 is 0 Å². The average Bonchev–Trinajstić information content (AvgIpc) is 3.44. The van der Waals surface area contributed by atoms with Crippen LogP contribution in [0.15, 0.2) is 84.4 Å². The molecule has 32 heavy (non-hydrogen) atoms. The lowest BCUT2D eigenvalue weighted by Crippen LogP contribution is -2.40. The quantitative estimate of drug-likeness (QED) is 0.322. The summed E-state index contributed by atoms with van der Waals surface area (Å²) in [6, 6.07) is 25.5. The number of fused-ring (bicyclic) bond motifs is 3. The number of hydrogen-bond acceptors (Lipinski definition) is 2. The van der Waals surface area contributed by atoms with Gasteiger partial charge in [-0.15, -0.1) is 11.3 Å². The van der Waals surface area contributed by atoms with Gasteiger partial charge in [0.25, 0.3) is 5.91 Å². The second kappa shape index (κ2) is 7.64. The normalized spacial score (nSPS) is 15.9. The van der Waals surface area contributed by atoms with Crippen molar-refractivity contribution in [2.24, 2.45) is 7.05 Å². The van der Waals surface area contributed by atoms with Crippen LogP contribution in [0.4, 0.5) is 0 Å². The maximum atomic E-state index is 13.9. The van der Waals surface area contributed by atoms with Crippen molar-refractivity contribution in [1.82, 2.24) is 9.47 Å². The van der Waals surface area contributed by atoms with Gasteiger partial charge in [-0.3, -0.25) is 4.79 Å². The fraction of sp³-hybridized carbons (Fsp3) is 0.179. The van der Waals surface area contributed by atoms with Crippen LogP contribution in [0.2, 0.25) is 0 Å². The van der Waals surface area contributed by atoms with Crippen LogP contribution in [-0.2, 0) is 19.9 Å². The standard InChI is InChI=1S/C28H24N2OS/c1-29-18-24(23-11-4-5-12-25(23)29)28(31)30-15-13-20-14-16-32-27(20)26(30)17-21-9-6-8-19-7-2-3-10-22(19)21/h2-12,14,16,18,26H,13,15,17H2,1H3. The molecule has 0 bridgehead atoms. The van der Waals surface area contributed by atoms with Crippen molar-refractivity contribution in [2.45, 2.75) is 18.9 Å². The Bertz CT molecular complexity index is 1460. The van der Waals surface area contributed by atoms with Crippen LogP contribution in [0.3, 0.4) is 0 Å². The van der Waals surface area contributed by atoms with Gasteiger partial charge in [-0.1, -0.05) is 60.7 Å². The zero-order chi connectivity index (χ0) is 21.7. The fourth-order valence-electron chi connectivity index (χ4n) is 5.18. The molecular weight excluding hydrogens is 412 g/mol. The van der Waals surface area contributed by atoms with Gasteiger partial charge < -0.3 is 9.47 Å². The highest BCUT2D eigenvalue weighted by molar-refractivity contribution is 7.10. The minimum Gasteiger partial charge on any atom is -0.350 e. The Kier molecular flexibility index (Phi) is 4.62. The summed E-state index contributed by atoms with van der Waals surface area (Å²) < 4.78 is 2.06. The van der Waals surface area contributed by atoms with Crippen LogP contribution in [-0.4, -0.2) is 21.9 Å². The third kappa shape index (κ3) is 3.06. The first-order valence-electron chi connectivity index (χ1n) is 11.1. The van der Waals surface area contributed by atoms with Crippen LogP contribution >= 0.6 is 11.3 Å².